The number of pyridine rings is 1. The summed E-state index contributed by atoms with van der Waals surface area (Å²) in [7, 11) is 0. The molecule has 0 fully saturated rings. The van der Waals surface area contributed by atoms with E-state index in [-0.39, 0.29) is 30.6 Å². The maximum absolute atomic E-state index is 13.8. The summed E-state index contributed by atoms with van der Waals surface area (Å²) in [4.78, 5) is 23.9. The molecule has 0 saturated carbocycles. The van der Waals surface area contributed by atoms with Crippen molar-refractivity contribution < 1.29 is 18.3 Å². The Balaban J connectivity index is 2.28. The van der Waals surface area contributed by atoms with E-state index in [0.29, 0.717) is 24.1 Å². The molecule has 0 spiro atoms. The minimum absolute atomic E-state index is 0.0257. The van der Waals surface area contributed by atoms with Crippen LogP contribution in [-0.4, -0.2) is 17.1 Å². The second-order valence-corrected chi connectivity index (χ2v) is 5.65. The van der Waals surface area contributed by atoms with Gasteiger partial charge in [-0.1, -0.05) is 19.1 Å². The van der Waals surface area contributed by atoms with Crippen LogP contribution in [0.15, 0.2) is 35.3 Å². The number of esters is 1. The van der Waals surface area contributed by atoms with Crippen LogP contribution in [0.4, 0.5) is 8.78 Å². The fourth-order valence-electron chi connectivity index (χ4n) is 2.64. The molecule has 1 aromatic carbocycles. The summed E-state index contributed by atoms with van der Waals surface area (Å²) in [6.07, 6.45) is 2.70. The SMILES string of the molecule is CCOC(=O)Cn1cc(CC)c(=O)cc1CCc1cccc(F)c1F. The first-order chi connectivity index (χ1) is 12.0. The van der Waals surface area contributed by atoms with Crippen LogP contribution in [0.25, 0.3) is 0 Å². The molecule has 0 aliphatic rings. The standard InChI is InChI=1S/C19H21F2NO3/c1-3-13-11-22(12-18(24)25-4-2)15(10-17(13)23)9-8-14-6-5-7-16(20)19(14)21/h5-7,10-11H,3-4,8-9,12H2,1-2H3. The Morgan fingerprint density at radius 1 is 1.16 bits per heavy atom. The fraction of sp³-hybridized carbons (Fsp3) is 0.368. The molecule has 0 aliphatic heterocycles. The first kappa shape index (κ1) is 18.8. The van der Waals surface area contributed by atoms with Crippen molar-refractivity contribution >= 4 is 5.97 Å². The van der Waals surface area contributed by atoms with Crippen molar-refractivity contribution in [2.75, 3.05) is 6.61 Å². The van der Waals surface area contributed by atoms with E-state index in [1.54, 1.807) is 17.7 Å². The van der Waals surface area contributed by atoms with Crippen molar-refractivity contribution in [3.63, 3.8) is 0 Å². The van der Waals surface area contributed by atoms with Crippen LogP contribution in [0.5, 0.6) is 0 Å². The van der Waals surface area contributed by atoms with Crippen LogP contribution in [-0.2, 0) is 35.3 Å². The lowest BCUT2D eigenvalue weighted by molar-refractivity contribution is -0.143. The minimum atomic E-state index is -0.900. The summed E-state index contributed by atoms with van der Waals surface area (Å²) in [6.45, 7) is 3.81. The van der Waals surface area contributed by atoms with Gasteiger partial charge in [0.2, 0.25) is 0 Å². The van der Waals surface area contributed by atoms with Crippen LogP contribution in [0.2, 0.25) is 0 Å². The van der Waals surface area contributed by atoms with E-state index in [9.17, 15) is 18.4 Å². The minimum Gasteiger partial charge on any atom is -0.465 e. The number of hydrogen-bond donors (Lipinski definition) is 0. The van der Waals surface area contributed by atoms with Crippen molar-refractivity contribution in [1.29, 1.82) is 0 Å². The topological polar surface area (TPSA) is 48.3 Å². The molecular weight excluding hydrogens is 328 g/mol. The van der Waals surface area contributed by atoms with Gasteiger partial charge in [-0.05, 0) is 37.8 Å². The van der Waals surface area contributed by atoms with Crippen molar-refractivity contribution in [3.05, 3.63) is 69.1 Å². The quantitative estimate of drug-likeness (QED) is 0.722. The zero-order valence-corrected chi connectivity index (χ0v) is 14.4. The van der Waals surface area contributed by atoms with Gasteiger partial charge in [0, 0.05) is 23.5 Å². The smallest absolute Gasteiger partial charge is 0.325 e. The summed E-state index contributed by atoms with van der Waals surface area (Å²) in [5.74, 6) is -2.19. The molecule has 0 atom stereocenters. The van der Waals surface area contributed by atoms with E-state index in [2.05, 4.69) is 0 Å². The van der Waals surface area contributed by atoms with E-state index < -0.39 is 17.6 Å². The van der Waals surface area contributed by atoms with Gasteiger partial charge < -0.3 is 9.30 Å². The molecule has 1 aromatic heterocycles. The number of benzene rings is 1. The number of halogens is 2. The largest absolute Gasteiger partial charge is 0.465 e. The Labute approximate surface area is 145 Å². The predicted octanol–water partition coefficient (Wildman–Crippen LogP) is 3.04. The number of aryl methyl sites for hydroxylation is 3. The van der Waals surface area contributed by atoms with Crippen LogP contribution in [0, 0.1) is 11.6 Å². The van der Waals surface area contributed by atoms with E-state index in [4.69, 9.17) is 4.74 Å². The lowest BCUT2D eigenvalue weighted by Crippen LogP contribution is -2.21. The van der Waals surface area contributed by atoms with E-state index in [1.807, 2.05) is 6.92 Å². The highest BCUT2D eigenvalue weighted by molar-refractivity contribution is 5.69. The van der Waals surface area contributed by atoms with Gasteiger partial charge in [-0.25, -0.2) is 8.78 Å². The molecule has 25 heavy (non-hydrogen) atoms. The number of carbonyl (C=O) groups excluding carboxylic acids is 1. The first-order valence-corrected chi connectivity index (χ1v) is 8.27. The van der Waals surface area contributed by atoms with Gasteiger partial charge in [0.15, 0.2) is 17.1 Å². The van der Waals surface area contributed by atoms with Crippen molar-refractivity contribution in [2.45, 2.75) is 39.7 Å². The average molecular weight is 349 g/mol. The highest BCUT2D eigenvalue weighted by atomic mass is 19.2. The molecule has 134 valence electrons. The predicted molar refractivity (Wildman–Crippen MR) is 90.5 cm³/mol. The number of hydrogen-bond acceptors (Lipinski definition) is 3. The molecular formula is C19H21F2NO3. The van der Waals surface area contributed by atoms with Gasteiger partial charge in [-0.2, -0.15) is 0 Å². The third-order valence-electron chi connectivity index (χ3n) is 3.96. The van der Waals surface area contributed by atoms with E-state index in [0.717, 1.165) is 6.07 Å². The number of aromatic nitrogens is 1. The number of carbonyl (C=O) groups is 1. The first-order valence-electron chi connectivity index (χ1n) is 8.27. The summed E-state index contributed by atoms with van der Waals surface area (Å²) in [6, 6.07) is 5.47. The molecule has 2 rings (SSSR count). The molecule has 1 heterocycles. The molecule has 0 radical (unpaired) electrons. The summed E-state index contributed by atoms with van der Waals surface area (Å²) in [5.41, 5.74) is 1.27. The van der Waals surface area contributed by atoms with E-state index in [1.165, 1.54) is 18.2 Å². The molecule has 0 amide bonds. The maximum Gasteiger partial charge on any atom is 0.325 e. The Morgan fingerprint density at radius 3 is 2.60 bits per heavy atom. The zero-order valence-electron chi connectivity index (χ0n) is 14.4. The van der Waals surface area contributed by atoms with Crippen LogP contribution < -0.4 is 5.43 Å². The summed E-state index contributed by atoms with van der Waals surface area (Å²) < 4.78 is 33.7. The molecule has 0 aliphatic carbocycles. The average Bonchev–Trinajstić information content (AvgIpc) is 2.58. The third kappa shape index (κ3) is 4.75. The molecule has 0 saturated heterocycles. The molecule has 4 nitrogen and oxygen atoms in total. The Kier molecular flexibility index (Phi) is 6.44. The lowest BCUT2D eigenvalue weighted by Gasteiger charge is -2.14. The summed E-state index contributed by atoms with van der Waals surface area (Å²) >= 11 is 0. The monoisotopic (exact) mass is 349 g/mol. The molecule has 0 N–H and O–H groups in total. The van der Waals surface area contributed by atoms with Crippen LogP contribution in [0.1, 0.15) is 30.7 Å². The Morgan fingerprint density at radius 2 is 1.92 bits per heavy atom. The van der Waals surface area contributed by atoms with Gasteiger partial charge in [0.1, 0.15) is 6.54 Å². The van der Waals surface area contributed by atoms with Crippen LogP contribution in [0.3, 0.4) is 0 Å². The second kappa shape index (κ2) is 8.55. The fourth-order valence-corrected chi connectivity index (χ4v) is 2.64. The maximum atomic E-state index is 13.8. The third-order valence-corrected chi connectivity index (χ3v) is 3.96. The highest BCUT2D eigenvalue weighted by Gasteiger charge is 2.12. The van der Waals surface area contributed by atoms with Gasteiger partial charge in [0.05, 0.1) is 6.61 Å². The van der Waals surface area contributed by atoms with Gasteiger partial charge in [-0.3, -0.25) is 9.59 Å². The molecule has 0 unspecified atom stereocenters. The van der Waals surface area contributed by atoms with Gasteiger partial charge >= 0.3 is 5.97 Å². The van der Waals surface area contributed by atoms with Crippen molar-refractivity contribution in [1.82, 2.24) is 4.57 Å². The second-order valence-electron chi connectivity index (χ2n) is 5.65. The highest BCUT2D eigenvalue weighted by Crippen LogP contribution is 2.14. The van der Waals surface area contributed by atoms with Gasteiger partial charge in [-0.15, -0.1) is 0 Å². The Hall–Kier alpha value is -2.50. The molecule has 0 bridgehead atoms. The molecule has 2 aromatic rings. The molecule has 6 heteroatoms. The summed E-state index contributed by atoms with van der Waals surface area (Å²) in [5, 5.41) is 0. The van der Waals surface area contributed by atoms with Crippen molar-refractivity contribution in [2.24, 2.45) is 0 Å². The van der Waals surface area contributed by atoms with E-state index >= 15 is 0 Å². The normalized spacial score (nSPS) is 10.7. The zero-order chi connectivity index (χ0) is 18.4. The number of ether oxygens (including phenoxy) is 1. The Bertz CT molecular complexity index is 815. The van der Waals surface area contributed by atoms with Crippen LogP contribution >= 0.6 is 0 Å². The van der Waals surface area contributed by atoms with Crippen molar-refractivity contribution in [3.8, 4) is 0 Å². The lowest BCUT2D eigenvalue weighted by atomic mass is 10.1. The van der Waals surface area contributed by atoms with Gasteiger partial charge in [0.25, 0.3) is 0 Å². The number of rotatable bonds is 7. The number of nitrogens with zero attached hydrogens (tertiary/aromatic N) is 1.